The highest BCUT2D eigenvalue weighted by atomic mass is 32.1. The number of carbonyl (C=O) groups is 2. The highest BCUT2D eigenvalue weighted by Crippen LogP contribution is 2.13. The van der Waals surface area contributed by atoms with Crippen LogP contribution < -0.4 is 0 Å². The summed E-state index contributed by atoms with van der Waals surface area (Å²) in [6, 6.07) is 23.2. The summed E-state index contributed by atoms with van der Waals surface area (Å²) in [4.78, 5) is 25.7. The van der Waals surface area contributed by atoms with E-state index in [0.717, 1.165) is 20.9 Å². The second kappa shape index (κ2) is 11.9. The van der Waals surface area contributed by atoms with Gasteiger partial charge in [-0.2, -0.15) is 0 Å². The van der Waals surface area contributed by atoms with Gasteiger partial charge in [0, 0.05) is 20.9 Å². The van der Waals surface area contributed by atoms with Crippen molar-refractivity contribution < 1.29 is 9.59 Å². The van der Waals surface area contributed by atoms with Crippen molar-refractivity contribution in [1.29, 1.82) is 0 Å². The molecule has 0 saturated carbocycles. The molecule has 2 aromatic heterocycles. The number of carbonyl (C=O) groups excluding carboxylic acids is 2. The molecule has 4 aromatic rings. The molecule has 0 aliphatic carbocycles. The Labute approximate surface area is 197 Å². The van der Waals surface area contributed by atoms with Crippen molar-refractivity contribution in [2.45, 2.75) is 13.8 Å². The standard InChI is InChI=1S/2C14H12OS/c2*1-11-4-6-12(7-5-11)14(15)9-8-13-3-2-10-16-13/h2*2-10H,1H3/b2*9-8+. The Kier molecular flexibility index (Phi) is 8.67. The first kappa shape index (κ1) is 23.3. The van der Waals surface area contributed by atoms with E-state index in [1.165, 1.54) is 11.1 Å². The zero-order chi connectivity index (χ0) is 22.8. The van der Waals surface area contributed by atoms with Crippen LogP contribution in [0.25, 0.3) is 12.2 Å². The van der Waals surface area contributed by atoms with Gasteiger partial charge < -0.3 is 0 Å². The lowest BCUT2D eigenvalue weighted by atomic mass is 10.1. The van der Waals surface area contributed by atoms with Gasteiger partial charge in [0.2, 0.25) is 0 Å². The van der Waals surface area contributed by atoms with Crippen molar-refractivity contribution in [3.63, 3.8) is 0 Å². The van der Waals surface area contributed by atoms with Gasteiger partial charge >= 0.3 is 0 Å². The summed E-state index contributed by atoms with van der Waals surface area (Å²) in [5.74, 6) is 0.0989. The monoisotopic (exact) mass is 456 g/mol. The Morgan fingerprint density at radius 1 is 0.594 bits per heavy atom. The van der Waals surface area contributed by atoms with Gasteiger partial charge in [0.15, 0.2) is 11.6 Å². The van der Waals surface area contributed by atoms with Crippen LogP contribution in [0.2, 0.25) is 0 Å². The normalized spacial score (nSPS) is 10.8. The quantitative estimate of drug-likeness (QED) is 0.218. The number of aryl methyl sites for hydroxylation is 2. The molecule has 0 bridgehead atoms. The van der Waals surface area contributed by atoms with Crippen molar-refractivity contribution in [3.05, 3.63) is 128 Å². The van der Waals surface area contributed by atoms with E-state index < -0.39 is 0 Å². The van der Waals surface area contributed by atoms with Gasteiger partial charge in [0.1, 0.15) is 0 Å². The van der Waals surface area contributed by atoms with Gasteiger partial charge in [0.25, 0.3) is 0 Å². The van der Waals surface area contributed by atoms with Crippen molar-refractivity contribution in [2.75, 3.05) is 0 Å². The summed E-state index contributed by atoms with van der Waals surface area (Å²) in [6.07, 6.45) is 6.95. The lowest BCUT2D eigenvalue weighted by molar-refractivity contribution is 0.103. The molecule has 0 saturated heterocycles. The molecule has 0 atom stereocenters. The van der Waals surface area contributed by atoms with E-state index in [1.807, 2.05) is 110 Å². The van der Waals surface area contributed by atoms with E-state index >= 15 is 0 Å². The van der Waals surface area contributed by atoms with Gasteiger partial charge in [-0.1, -0.05) is 71.8 Å². The van der Waals surface area contributed by atoms with Crippen molar-refractivity contribution in [1.82, 2.24) is 0 Å². The molecule has 32 heavy (non-hydrogen) atoms. The highest BCUT2D eigenvalue weighted by Gasteiger charge is 2.01. The maximum atomic E-state index is 11.8. The number of rotatable bonds is 6. The summed E-state index contributed by atoms with van der Waals surface area (Å²) in [6.45, 7) is 4.02. The minimum Gasteiger partial charge on any atom is -0.289 e. The maximum absolute atomic E-state index is 11.8. The smallest absolute Gasteiger partial charge is 0.185 e. The molecular weight excluding hydrogens is 432 g/mol. The van der Waals surface area contributed by atoms with E-state index in [0.29, 0.717) is 0 Å². The first-order chi connectivity index (χ1) is 15.5. The molecule has 0 spiro atoms. The van der Waals surface area contributed by atoms with Crippen LogP contribution >= 0.6 is 22.7 Å². The van der Waals surface area contributed by atoms with E-state index in [-0.39, 0.29) is 11.6 Å². The van der Waals surface area contributed by atoms with E-state index in [9.17, 15) is 9.59 Å². The van der Waals surface area contributed by atoms with Crippen LogP contribution in [-0.4, -0.2) is 11.6 Å². The molecule has 2 heterocycles. The maximum Gasteiger partial charge on any atom is 0.185 e. The average Bonchev–Trinajstić information content (AvgIpc) is 3.51. The molecule has 0 N–H and O–H groups in total. The number of hydrogen-bond acceptors (Lipinski definition) is 4. The summed E-state index contributed by atoms with van der Waals surface area (Å²) in [5.41, 5.74) is 3.80. The summed E-state index contributed by atoms with van der Waals surface area (Å²) in [5, 5.41) is 3.99. The number of benzene rings is 2. The number of allylic oxidation sites excluding steroid dienone is 2. The minimum atomic E-state index is 0.0494. The predicted molar refractivity (Wildman–Crippen MR) is 138 cm³/mol. The number of hydrogen-bond donors (Lipinski definition) is 0. The Balaban J connectivity index is 0.000000181. The Morgan fingerprint density at radius 3 is 1.28 bits per heavy atom. The topological polar surface area (TPSA) is 34.1 Å². The molecule has 4 heteroatoms. The van der Waals surface area contributed by atoms with Gasteiger partial charge in [0.05, 0.1) is 0 Å². The van der Waals surface area contributed by atoms with Crippen LogP contribution in [0.5, 0.6) is 0 Å². The molecule has 0 unspecified atom stereocenters. The third-order valence-electron chi connectivity index (χ3n) is 4.56. The second-order valence-electron chi connectivity index (χ2n) is 7.16. The lowest BCUT2D eigenvalue weighted by Crippen LogP contribution is -1.93. The van der Waals surface area contributed by atoms with E-state index in [4.69, 9.17) is 0 Å². The third-order valence-corrected chi connectivity index (χ3v) is 6.23. The van der Waals surface area contributed by atoms with E-state index in [2.05, 4.69) is 0 Å². The minimum absolute atomic E-state index is 0.0494. The van der Waals surface area contributed by atoms with Gasteiger partial charge in [-0.3, -0.25) is 9.59 Å². The average molecular weight is 457 g/mol. The van der Waals surface area contributed by atoms with Gasteiger partial charge in [-0.25, -0.2) is 0 Å². The molecule has 0 fully saturated rings. The van der Waals surface area contributed by atoms with Crippen molar-refractivity contribution >= 4 is 46.4 Å². The highest BCUT2D eigenvalue weighted by molar-refractivity contribution is 7.11. The van der Waals surface area contributed by atoms with Crippen LogP contribution in [0.1, 0.15) is 41.6 Å². The van der Waals surface area contributed by atoms with Crippen LogP contribution in [0, 0.1) is 13.8 Å². The Morgan fingerprint density at radius 2 is 0.969 bits per heavy atom. The van der Waals surface area contributed by atoms with Crippen molar-refractivity contribution in [3.8, 4) is 0 Å². The third kappa shape index (κ3) is 7.41. The zero-order valence-electron chi connectivity index (χ0n) is 18.0. The molecule has 2 nitrogen and oxygen atoms in total. The fraction of sp³-hybridized carbons (Fsp3) is 0.0714. The van der Waals surface area contributed by atoms with Gasteiger partial charge in [-0.05, 0) is 61.0 Å². The lowest BCUT2D eigenvalue weighted by Gasteiger charge is -1.96. The predicted octanol–water partition coefficient (Wildman–Crippen LogP) is 7.91. The van der Waals surface area contributed by atoms with E-state index in [1.54, 1.807) is 34.8 Å². The number of thiophene rings is 2. The summed E-state index contributed by atoms with van der Waals surface area (Å²) < 4.78 is 0. The largest absolute Gasteiger partial charge is 0.289 e. The molecule has 4 rings (SSSR count). The molecule has 0 radical (unpaired) electrons. The molecule has 2 aromatic carbocycles. The molecule has 0 aliphatic heterocycles. The molecule has 0 aliphatic rings. The van der Waals surface area contributed by atoms with Crippen LogP contribution in [-0.2, 0) is 0 Å². The zero-order valence-corrected chi connectivity index (χ0v) is 19.7. The SMILES string of the molecule is Cc1ccc(C(=O)/C=C/c2cccs2)cc1.Cc1ccc(C(=O)/C=C/c2cccs2)cc1. The fourth-order valence-corrected chi connectivity index (χ4v) is 3.95. The van der Waals surface area contributed by atoms with Crippen molar-refractivity contribution in [2.24, 2.45) is 0 Å². The second-order valence-corrected chi connectivity index (χ2v) is 9.12. The van der Waals surface area contributed by atoms with Crippen LogP contribution in [0.3, 0.4) is 0 Å². The summed E-state index contributed by atoms with van der Waals surface area (Å²) >= 11 is 3.25. The Hall–Kier alpha value is -3.34. The summed E-state index contributed by atoms with van der Waals surface area (Å²) in [7, 11) is 0. The Bertz CT molecular complexity index is 1080. The van der Waals surface area contributed by atoms with Crippen LogP contribution in [0.15, 0.2) is 95.7 Å². The molecule has 160 valence electrons. The molecule has 0 amide bonds. The molecular formula is C28H24O2S2. The first-order valence-electron chi connectivity index (χ1n) is 10.2. The first-order valence-corrected chi connectivity index (χ1v) is 11.9. The fourth-order valence-electron chi connectivity index (χ4n) is 2.72. The number of ketones is 2. The van der Waals surface area contributed by atoms with Gasteiger partial charge in [-0.15, -0.1) is 22.7 Å². The van der Waals surface area contributed by atoms with Crippen LogP contribution in [0.4, 0.5) is 0 Å².